The van der Waals surface area contributed by atoms with Gasteiger partial charge >= 0.3 is 11.9 Å². The molecule has 126 valence electrons. The minimum absolute atomic E-state index is 0.439. The van der Waals surface area contributed by atoms with Crippen LogP contribution >= 0.6 is 0 Å². The van der Waals surface area contributed by atoms with Crippen LogP contribution in [0.25, 0.3) is 6.08 Å². The lowest BCUT2D eigenvalue weighted by Crippen LogP contribution is -2.39. The van der Waals surface area contributed by atoms with Crippen LogP contribution in [0.3, 0.4) is 0 Å². The maximum atomic E-state index is 9.10. The fourth-order valence-electron chi connectivity index (χ4n) is 2.81. The van der Waals surface area contributed by atoms with Gasteiger partial charge in [-0.1, -0.05) is 19.0 Å². The molecule has 1 aromatic rings. The normalized spacial score (nSPS) is 18.9. The number of nitrogens with zero attached hydrogens (tertiary/aromatic N) is 2. The second-order valence-electron chi connectivity index (χ2n) is 6.19. The van der Waals surface area contributed by atoms with Gasteiger partial charge in [-0.25, -0.2) is 9.59 Å². The monoisotopic (exact) mass is 322 g/mol. The zero-order valence-electron chi connectivity index (χ0n) is 13.4. The van der Waals surface area contributed by atoms with Crippen molar-refractivity contribution in [2.24, 2.45) is 5.92 Å². The third kappa shape index (κ3) is 4.58. The van der Waals surface area contributed by atoms with Crippen LogP contribution in [0, 0.1) is 5.92 Å². The lowest BCUT2D eigenvalue weighted by Gasteiger charge is -2.42. The lowest BCUT2D eigenvalue weighted by molar-refractivity contribution is -0.159. The Morgan fingerprint density at radius 2 is 1.91 bits per heavy atom. The van der Waals surface area contributed by atoms with E-state index in [1.807, 2.05) is 0 Å². The van der Waals surface area contributed by atoms with E-state index in [-0.39, 0.29) is 0 Å². The first-order valence-corrected chi connectivity index (χ1v) is 7.75. The van der Waals surface area contributed by atoms with E-state index in [4.69, 9.17) is 24.3 Å². The number of carboxylic acids is 2. The molecule has 4 rings (SSSR count). The highest BCUT2D eigenvalue weighted by atomic mass is 16.5. The van der Waals surface area contributed by atoms with E-state index < -0.39 is 11.9 Å². The Labute approximate surface area is 134 Å². The van der Waals surface area contributed by atoms with Crippen molar-refractivity contribution in [2.45, 2.75) is 39.0 Å². The van der Waals surface area contributed by atoms with Crippen molar-refractivity contribution in [1.82, 2.24) is 10.1 Å². The third-order valence-electron chi connectivity index (χ3n) is 4.15. The van der Waals surface area contributed by atoms with Crippen molar-refractivity contribution in [2.75, 3.05) is 13.1 Å². The van der Waals surface area contributed by atoms with E-state index in [1.54, 1.807) is 0 Å². The van der Waals surface area contributed by atoms with E-state index in [0.717, 1.165) is 17.4 Å². The average molecular weight is 322 g/mol. The molecule has 2 bridgehead atoms. The number of aromatic nitrogens is 1. The number of hydrogen-bond acceptors (Lipinski definition) is 5. The Bertz CT molecular complexity index is 585. The molecule has 0 aromatic carbocycles. The number of hydrogen-bond donors (Lipinski definition) is 2. The lowest BCUT2D eigenvalue weighted by atomic mass is 9.86. The fourth-order valence-corrected chi connectivity index (χ4v) is 2.81. The van der Waals surface area contributed by atoms with Gasteiger partial charge in [0.1, 0.15) is 0 Å². The number of piperidine rings is 3. The van der Waals surface area contributed by atoms with Gasteiger partial charge in [-0.2, -0.15) is 0 Å². The van der Waals surface area contributed by atoms with Crippen LogP contribution in [0.4, 0.5) is 0 Å². The van der Waals surface area contributed by atoms with Gasteiger partial charge in [0, 0.05) is 30.9 Å². The SMILES string of the molecule is CC(C)c1cc(/C=C2\CC3CCN2CC3)on1.O=C(O)C(=O)O. The standard InChI is InChI=1S/C14H20N2O.C2H2O4/c1-10(2)14-9-13(17-15-14)8-12-7-11-3-5-16(12)6-4-11;3-1(4)2(5)6/h8-11H,3-7H2,1-2H3;(H,3,4)(H,5,6)/b12-8+;. The molecule has 23 heavy (non-hydrogen) atoms. The van der Waals surface area contributed by atoms with Gasteiger partial charge in [-0.3, -0.25) is 0 Å². The molecule has 0 unspecified atom stereocenters. The summed E-state index contributed by atoms with van der Waals surface area (Å²) in [6.07, 6.45) is 6.14. The summed E-state index contributed by atoms with van der Waals surface area (Å²) >= 11 is 0. The van der Waals surface area contributed by atoms with Gasteiger partial charge in [-0.15, -0.1) is 0 Å². The Hall–Kier alpha value is -2.31. The highest BCUT2D eigenvalue weighted by Gasteiger charge is 2.28. The van der Waals surface area contributed by atoms with Crippen molar-refractivity contribution in [3.8, 4) is 0 Å². The van der Waals surface area contributed by atoms with Crippen molar-refractivity contribution >= 4 is 18.0 Å². The van der Waals surface area contributed by atoms with Crippen molar-refractivity contribution in [1.29, 1.82) is 0 Å². The molecular formula is C16H22N2O5. The molecule has 2 N–H and O–H groups in total. The fraction of sp³-hybridized carbons (Fsp3) is 0.562. The summed E-state index contributed by atoms with van der Waals surface area (Å²) in [7, 11) is 0. The van der Waals surface area contributed by atoms with Crippen LogP contribution < -0.4 is 0 Å². The summed E-state index contributed by atoms with van der Waals surface area (Å²) in [4.78, 5) is 20.7. The first-order valence-electron chi connectivity index (χ1n) is 7.75. The molecule has 0 aliphatic carbocycles. The highest BCUT2D eigenvalue weighted by molar-refractivity contribution is 6.27. The number of carbonyl (C=O) groups is 2. The minimum atomic E-state index is -1.82. The van der Waals surface area contributed by atoms with Crippen LogP contribution in [0.15, 0.2) is 16.3 Å². The predicted octanol–water partition coefficient (Wildman–Crippen LogP) is 2.41. The van der Waals surface area contributed by atoms with Crippen molar-refractivity contribution < 1.29 is 24.3 Å². The highest BCUT2D eigenvalue weighted by Crippen LogP contribution is 2.35. The summed E-state index contributed by atoms with van der Waals surface area (Å²) in [5.41, 5.74) is 2.49. The van der Waals surface area contributed by atoms with Gasteiger partial charge in [0.25, 0.3) is 0 Å². The van der Waals surface area contributed by atoms with Crippen LogP contribution in [0.5, 0.6) is 0 Å². The van der Waals surface area contributed by atoms with Crippen molar-refractivity contribution in [3.05, 3.63) is 23.2 Å². The summed E-state index contributed by atoms with van der Waals surface area (Å²) in [5.74, 6) is -1.39. The summed E-state index contributed by atoms with van der Waals surface area (Å²) in [6.45, 7) is 6.73. The molecule has 3 fully saturated rings. The summed E-state index contributed by atoms with van der Waals surface area (Å²) in [5, 5.41) is 18.9. The molecule has 7 nitrogen and oxygen atoms in total. The molecule has 7 heteroatoms. The van der Waals surface area contributed by atoms with Gasteiger partial charge < -0.3 is 19.6 Å². The van der Waals surface area contributed by atoms with Crippen LogP contribution in [-0.4, -0.2) is 45.3 Å². The second kappa shape index (κ2) is 7.30. The molecular weight excluding hydrogens is 300 g/mol. The maximum absolute atomic E-state index is 9.10. The Balaban J connectivity index is 0.000000277. The first kappa shape index (κ1) is 17.1. The number of rotatable bonds is 2. The third-order valence-corrected chi connectivity index (χ3v) is 4.15. The van der Waals surface area contributed by atoms with Gasteiger partial charge in [0.05, 0.1) is 5.69 Å². The topological polar surface area (TPSA) is 104 Å². The first-order chi connectivity index (χ1) is 10.9. The number of allylic oxidation sites excluding steroid dienone is 1. The van der Waals surface area contributed by atoms with Crippen LogP contribution in [-0.2, 0) is 9.59 Å². The number of fused-ring (bicyclic) bond motifs is 3. The number of carboxylic acid groups (broad SMARTS) is 2. The largest absolute Gasteiger partial charge is 0.473 e. The predicted molar refractivity (Wildman–Crippen MR) is 82.8 cm³/mol. The average Bonchev–Trinajstić information content (AvgIpc) is 2.98. The quantitative estimate of drug-likeness (QED) is 0.806. The van der Waals surface area contributed by atoms with E-state index in [1.165, 1.54) is 38.0 Å². The summed E-state index contributed by atoms with van der Waals surface area (Å²) in [6, 6.07) is 2.07. The van der Waals surface area contributed by atoms with Gasteiger partial charge in [0.2, 0.25) is 0 Å². The van der Waals surface area contributed by atoms with E-state index in [2.05, 4.69) is 36.0 Å². The van der Waals surface area contributed by atoms with E-state index in [0.29, 0.717) is 5.92 Å². The van der Waals surface area contributed by atoms with E-state index >= 15 is 0 Å². The summed E-state index contributed by atoms with van der Waals surface area (Å²) < 4.78 is 5.38. The molecule has 4 heterocycles. The van der Waals surface area contributed by atoms with Crippen molar-refractivity contribution in [3.63, 3.8) is 0 Å². The Morgan fingerprint density at radius 1 is 1.30 bits per heavy atom. The van der Waals surface area contributed by atoms with Gasteiger partial charge in [-0.05, 0) is 31.1 Å². The molecule has 0 atom stereocenters. The molecule has 0 saturated carbocycles. The minimum Gasteiger partial charge on any atom is -0.473 e. The van der Waals surface area contributed by atoms with Crippen LogP contribution in [0.1, 0.15) is 50.5 Å². The van der Waals surface area contributed by atoms with Gasteiger partial charge in [0.15, 0.2) is 5.76 Å². The molecule has 0 radical (unpaired) electrons. The zero-order chi connectivity index (χ0) is 17.0. The molecule has 1 aromatic heterocycles. The second-order valence-corrected chi connectivity index (χ2v) is 6.19. The maximum Gasteiger partial charge on any atom is 0.414 e. The number of aliphatic carboxylic acids is 2. The molecule has 3 aliphatic heterocycles. The molecule has 3 saturated heterocycles. The Morgan fingerprint density at radius 3 is 2.30 bits per heavy atom. The molecule has 0 spiro atoms. The van der Waals surface area contributed by atoms with Crippen LogP contribution in [0.2, 0.25) is 0 Å². The molecule has 3 aliphatic rings. The smallest absolute Gasteiger partial charge is 0.414 e. The Kier molecular flexibility index (Phi) is 5.41. The van der Waals surface area contributed by atoms with E-state index in [9.17, 15) is 0 Å². The molecule has 0 amide bonds. The zero-order valence-corrected chi connectivity index (χ0v) is 13.4.